The Bertz CT molecular complexity index is 515. The number of aryl methyl sites for hydroxylation is 2. The van der Waals surface area contributed by atoms with E-state index in [-0.39, 0.29) is 0 Å². The molecule has 0 aromatic heterocycles. The third kappa shape index (κ3) is 2.37. The molecule has 88 valence electrons. The summed E-state index contributed by atoms with van der Waals surface area (Å²) < 4.78 is 0. The van der Waals surface area contributed by atoms with Crippen LogP contribution in [0.4, 0.5) is 0 Å². The van der Waals surface area contributed by atoms with Gasteiger partial charge in [0.15, 0.2) is 0 Å². The van der Waals surface area contributed by atoms with E-state index in [2.05, 4.69) is 57.2 Å². The minimum absolute atomic E-state index is 0.337. The Morgan fingerprint density at radius 2 is 1.47 bits per heavy atom. The van der Waals surface area contributed by atoms with Crippen molar-refractivity contribution in [2.75, 3.05) is 0 Å². The summed E-state index contributed by atoms with van der Waals surface area (Å²) in [6.07, 6.45) is 0. The maximum atomic E-state index is 6.44. The van der Waals surface area contributed by atoms with Crippen LogP contribution in [0.15, 0.2) is 42.5 Å². The van der Waals surface area contributed by atoms with Crippen molar-refractivity contribution in [2.45, 2.75) is 26.7 Å². The first kappa shape index (κ1) is 12.2. The molecule has 2 rings (SSSR count). The van der Waals surface area contributed by atoms with E-state index in [0.29, 0.717) is 5.92 Å². The van der Waals surface area contributed by atoms with Crippen LogP contribution >= 0.6 is 11.6 Å². The van der Waals surface area contributed by atoms with Crippen molar-refractivity contribution in [1.29, 1.82) is 0 Å². The first-order chi connectivity index (χ1) is 8.11. The van der Waals surface area contributed by atoms with E-state index in [0.717, 1.165) is 10.6 Å². The zero-order valence-electron chi connectivity index (χ0n) is 10.5. The van der Waals surface area contributed by atoms with Gasteiger partial charge in [0, 0.05) is 10.9 Å². The predicted molar refractivity (Wildman–Crippen MR) is 74.9 cm³/mol. The Balaban J connectivity index is 2.51. The minimum atomic E-state index is 0.337. The molecule has 0 aliphatic heterocycles. The maximum absolute atomic E-state index is 6.44. The zero-order chi connectivity index (χ0) is 12.4. The van der Waals surface area contributed by atoms with Crippen LogP contribution in [0.25, 0.3) is 0 Å². The first-order valence-electron chi connectivity index (χ1n) is 5.92. The lowest BCUT2D eigenvalue weighted by Crippen LogP contribution is -2.01. The van der Waals surface area contributed by atoms with Gasteiger partial charge in [-0.2, -0.15) is 0 Å². The molecule has 1 heteroatoms. The molecule has 0 heterocycles. The summed E-state index contributed by atoms with van der Waals surface area (Å²) in [6, 6.07) is 14.7. The van der Waals surface area contributed by atoms with Gasteiger partial charge in [0.25, 0.3) is 0 Å². The van der Waals surface area contributed by atoms with Gasteiger partial charge in [0.05, 0.1) is 0 Å². The fourth-order valence-corrected chi connectivity index (χ4v) is 2.61. The van der Waals surface area contributed by atoms with Crippen LogP contribution in [0.5, 0.6) is 0 Å². The second-order valence-electron chi connectivity index (χ2n) is 4.56. The zero-order valence-corrected chi connectivity index (χ0v) is 11.3. The molecule has 17 heavy (non-hydrogen) atoms. The van der Waals surface area contributed by atoms with E-state index in [1.54, 1.807) is 0 Å². The van der Waals surface area contributed by atoms with Crippen molar-refractivity contribution >= 4 is 11.6 Å². The highest BCUT2D eigenvalue weighted by Gasteiger charge is 2.15. The summed E-state index contributed by atoms with van der Waals surface area (Å²) in [6.45, 7) is 6.39. The average molecular weight is 245 g/mol. The molecule has 0 spiro atoms. The fourth-order valence-electron chi connectivity index (χ4n) is 2.24. The lowest BCUT2D eigenvalue weighted by molar-refractivity contribution is 0.908. The first-order valence-corrected chi connectivity index (χ1v) is 6.29. The van der Waals surface area contributed by atoms with Crippen LogP contribution in [-0.4, -0.2) is 0 Å². The minimum Gasteiger partial charge on any atom is -0.0837 e. The van der Waals surface area contributed by atoms with Gasteiger partial charge < -0.3 is 0 Å². The van der Waals surface area contributed by atoms with Crippen molar-refractivity contribution in [3.8, 4) is 0 Å². The molecule has 2 aromatic rings. The molecule has 0 bridgehead atoms. The van der Waals surface area contributed by atoms with E-state index < -0.39 is 0 Å². The highest BCUT2D eigenvalue weighted by Crippen LogP contribution is 2.34. The molecular weight excluding hydrogens is 228 g/mol. The van der Waals surface area contributed by atoms with Crippen molar-refractivity contribution in [3.05, 3.63) is 69.7 Å². The maximum Gasteiger partial charge on any atom is 0.0475 e. The molecule has 0 aliphatic carbocycles. The van der Waals surface area contributed by atoms with Gasteiger partial charge in [-0.05, 0) is 36.1 Å². The predicted octanol–water partition coefficient (Wildman–Crippen LogP) is 5.11. The van der Waals surface area contributed by atoms with E-state index in [1.165, 1.54) is 16.7 Å². The van der Waals surface area contributed by atoms with Crippen molar-refractivity contribution in [3.63, 3.8) is 0 Å². The molecular formula is C16H17Cl. The summed E-state index contributed by atoms with van der Waals surface area (Å²) in [7, 11) is 0. The van der Waals surface area contributed by atoms with Gasteiger partial charge in [0.1, 0.15) is 0 Å². The summed E-state index contributed by atoms with van der Waals surface area (Å²) in [4.78, 5) is 0. The number of hydrogen-bond acceptors (Lipinski definition) is 0. The molecule has 0 saturated carbocycles. The van der Waals surface area contributed by atoms with Gasteiger partial charge in [-0.3, -0.25) is 0 Å². The average Bonchev–Trinajstić information content (AvgIpc) is 2.35. The Labute approximate surface area is 108 Å². The Hall–Kier alpha value is -1.27. The lowest BCUT2D eigenvalue weighted by Gasteiger charge is -2.18. The Morgan fingerprint density at radius 1 is 0.882 bits per heavy atom. The molecule has 2 aromatic carbocycles. The van der Waals surface area contributed by atoms with Gasteiger partial charge in [-0.25, -0.2) is 0 Å². The molecule has 0 N–H and O–H groups in total. The lowest BCUT2D eigenvalue weighted by atomic mass is 9.89. The van der Waals surface area contributed by atoms with Crippen LogP contribution in [0.3, 0.4) is 0 Å². The Morgan fingerprint density at radius 3 is 2.12 bits per heavy atom. The number of rotatable bonds is 2. The second kappa shape index (κ2) is 4.93. The van der Waals surface area contributed by atoms with E-state index in [4.69, 9.17) is 11.6 Å². The molecule has 0 fully saturated rings. The van der Waals surface area contributed by atoms with E-state index in [9.17, 15) is 0 Å². The second-order valence-corrected chi connectivity index (χ2v) is 4.94. The van der Waals surface area contributed by atoms with Gasteiger partial charge in [-0.15, -0.1) is 0 Å². The van der Waals surface area contributed by atoms with Crippen LogP contribution in [0, 0.1) is 13.8 Å². The molecule has 1 atom stereocenters. The van der Waals surface area contributed by atoms with Gasteiger partial charge >= 0.3 is 0 Å². The molecule has 1 unspecified atom stereocenters. The van der Waals surface area contributed by atoms with Gasteiger partial charge in [0.2, 0.25) is 0 Å². The number of benzene rings is 2. The van der Waals surface area contributed by atoms with E-state index in [1.807, 2.05) is 6.07 Å². The van der Waals surface area contributed by atoms with Crippen LogP contribution in [-0.2, 0) is 0 Å². The smallest absolute Gasteiger partial charge is 0.0475 e. The standard InChI is InChI=1S/C16H17Cl/c1-11-9-10-12(2)16(17)15(11)13(3)14-7-5-4-6-8-14/h4-10,13H,1-3H3. The molecule has 0 aliphatic rings. The number of hydrogen-bond donors (Lipinski definition) is 0. The fraction of sp³-hybridized carbons (Fsp3) is 0.250. The summed E-state index contributed by atoms with van der Waals surface area (Å²) in [5, 5.41) is 0.904. The van der Waals surface area contributed by atoms with Crippen molar-refractivity contribution < 1.29 is 0 Å². The quantitative estimate of drug-likeness (QED) is 0.689. The molecule has 0 amide bonds. The largest absolute Gasteiger partial charge is 0.0837 e. The monoisotopic (exact) mass is 244 g/mol. The SMILES string of the molecule is Cc1ccc(C)c(C(C)c2ccccc2)c1Cl. The third-order valence-electron chi connectivity index (χ3n) is 3.32. The third-order valence-corrected chi connectivity index (χ3v) is 3.83. The highest BCUT2D eigenvalue weighted by atomic mass is 35.5. The summed E-state index contributed by atoms with van der Waals surface area (Å²) in [5.74, 6) is 0.337. The normalized spacial score (nSPS) is 12.5. The van der Waals surface area contributed by atoms with E-state index >= 15 is 0 Å². The van der Waals surface area contributed by atoms with Crippen molar-refractivity contribution in [1.82, 2.24) is 0 Å². The summed E-state index contributed by atoms with van der Waals surface area (Å²) >= 11 is 6.44. The van der Waals surface area contributed by atoms with Crippen LogP contribution < -0.4 is 0 Å². The molecule has 0 saturated heterocycles. The highest BCUT2D eigenvalue weighted by molar-refractivity contribution is 6.32. The molecule has 0 nitrogen and oxygen atoms in total. The van der Waals surface area contributed by atoms with Crippen molar-refractivity contribution in [2.24, 2.45) is 0 Å². The van der Waals surface area contributed by atoms with Crippen LogP contribution in [0.1, 0.15) is 35.1 Å². The van der Waals surface area contributed by atoms with Crippen LogP contribution in [0.2, 0.25) is 5.02 Å². The van der Waals surface area contributed by atoms with Gasteiger partial charge in [-0.1, -0.05) is 61.0 Å². The Kier molecular flexibility index (Phi) is 3.54. The molecule has 0 radical (unpaired) electrons. The topological polar surface area (TPSA) is 0 Å². The number of halogens is 1. The summed E-state index contributed by atoms with van der Waals surface area (Å²) in [5.41, 5.74) is 4.97.